The van der Waals surface area contributed by atoms with Crippen molar-refractivity contribution in [3.05, 3.63) is 41.2 Å². The third-order valence-electron chi connectivity index (χ3n) is 2.38. The number of likely N-dealkylation sites (N-methyl/N-ethyl adjacent to an activating group) is 1. The maximum atomic E-state index is 13.2. The van der Waals surface area contributed by atoms with Crippen molar-refractivity contribution in [3.8, 4) is 0 Å². The van der Waals surface area contributed by atoms with Crippen LogP contribution in [0.2, 0.25) is 0 Å². The number of primary amides is 1. The lowest BCUT2D eigenvalue weighted by Crippen LogP contribution is -2.30. The van der Waals surface area contributed by atoms with Gasteiger partial charge < -0.3 is 10.8 Å². The fourth-order valence-electron chi connectivity index (χ4n) is 1.64. The van der Waals surface area contributed by atoms with Gasteiger partial charge >= 0.3 is 5.97 Å². The topological polar surface area (TPSA) is 83.6 Å². The number of aliphatic carboxylic acids is 1. The second kappa shape index (κ2) is 6.65. The van der Waals surface area contributed by atoms with Crippen molar-refractivity contribution >= 4 is 18.0 Å². The molecule has 0 aliphatic carbocycles. The van der Waals surface area contributed by atoms with Gasteiger partial charge in [0, 0.05) is 12.6 Å². The highest BCUT2D eigenvalue weighted by molar-refractivity contribution is 5.85. The van der Waals surface area contributed by atoms with Gasteiger partial charge in [0.1, 0.15) is 5.82 Å². The molecule has 1 aromatic carbocycles. The molecule has 0 spiro atoms. The highest BCUT2D eigenvalue weighted by Gasteiger charge is 2.07. The van der Waals surface area contributed by atoms with Crippen LogP contribution in [0, 0.1) is 5.82 Å². The minimum absolute atomic E-state index is 0.0689. The lowest BCUT2D eigenvalue weighted by atomic mass is 10.1. The lowest BCUT2D eigenvalue weighted by molar-refractivity contribution is -0.131. The molecule has 3 N–H and O–H groups in total. The first kappa shape index (κ1) is 14.8. The molecule has 0 atom stereocenters. The van der Waals surface area contributed by atoms with Crippen LogP contribution in [-0.2, 0) is 16.1 Å². The fourth-order valence-corrected chi connectivity index (χ4v) is 1.64. The summed E-state index contributed by atoms with van der Waals surface area (Å²) in [5, 5.41) is 8.58. The number of carboxylic acid groups (broad SMARTS) is 1. The zero-order chi connectivity index (χ0) is 14.4. The Kier molecular flexibility index (Phi) is 5.20. The van der Waals surface area contributed by atoms with Crippen LogP contribution >= 0.6 is 0 Å². The molecule has 6 heteroatoms. The van der Waals surface area contributed by atoms with E-state index in [1.807, 2.05) is 0 Å². The van der Waals surface area contributed by atoms with Crippen molar-refractivity contribution in [3.63, 3.8) is 0 Å². The molecule has 0 saturated carbocycles. The summed E-state index contributed by atoms with van der Waals surface area (Å²) in [6.07, 6.45) is 2.26. The third kappa shape index (κ3) is 5.31. The van der Waals surface area contributed by atoms with Gasteiger partial charge in [0.2, 0.25) is 5.91 Å². The zero-order valence-corrected chi connectivity index (χ0v) is 10.5. The molecule has 1 aromatic rings. The molecular weight excluding hydrogens is 251 g/mol. The Balaban J connectivity index is 2.93. The number of nitrogens with two attached hydrogens (primary N) is 1. The predicted molar refractivity (Wildman–Crippen MR) is 68.6 cm³/mol. The van der Waals surface area contributed by atoms with Crippen LogP contribution in [0.15, 0.2) is 24.3 Å². The standard InChI is InChI=1S/C13H15FN2O3/c1-16(8-12(15)17)7-10-2-4-11(14)6-9(10)3-5-13(18)19/h2-6H,7-8H2,1H3,(H2,15,17)(H,18,19). The molecular formula is C13H15FN2O3. The summed E-state index contributed by atoms with van der Waals surface area (Å²) in [7, 11) is 1.69. The first-order valence-electron chi connectivity index (χ1n) is 5.55. The molecule has 0 unspecified atom stereocenters. The molecule has 102 valence electrons. The highest BCUT2D eigenvalue weighted by Crippen LogP contribution is 2.15. The molecule has 0 aromatic heterocycles. The molecule has 5 nitrogen and oxygen atoms in total. The molecule has 1 rings (SSSR count). The van der Waals surface area contributed by atoms with E-state index in [1.54, 1.807) is 18.0 Å². The number of carbonyl (C=O) groups excluding carboxylic acids is 1. The Morgan fingerprint density at radius 3 is 2.74 bits per heavy atom. The summed E-state index contributed by atoms with van der Waals surface area (Å²) < 4.78 is 13.2. The lowest BCUT2D eigenvalue weighted by Gasteiger charge is -2.16. The zero-order valence-electron chi connectivity index (χ0n) is 10.5. The van der Waals surface area contributed by atoms with E-state index in [2.05, 4.69) is 0 Å². The van der Waals surface area contributed by atoms with Crippen LogP contribution in [0.4, 0.5) is 4.39 Å². The number of rotatable bonds is 6. The molecule has 0 fully saturated rings. The van der Waals surface area contributed by atoms with Crippen molar-refractivity contribution in [1.29, 1.82) is 0 Å². The maximum Gasteiger partial charge on any atom is 0.328 e. The number of amides is 1. The van der Waals surface area contributed by atoms with Gasteiger partial charge in [-0.2, -0.15) is 0 Å². The molecule has 0 aliphatic rings. The van der Waals surface area contributed by atoms with Gasteiger partial charge in [-0.15, -0.1) is 0 Å². The van der Waals surface area contributed by atoms with Crippen LogP contribution in [0.5, 0.6) is 0 Å². The van der Waals surface area contributed by atoms with E-state index < -0.39 is 17.7 Å². The van der Waals surface area contributed by atoms with E-state index in [9.17, 15) is 14.0 Å². The van der Waals surface area contributed by atoms with Gasteiger partial charge in [-0.3, -0.25) is 9.69 Å². The summed E-state index contributed by atoms with van der Waals surface area (Å²) in [5.74, 6) is -2.03. The second-order valence-corrected chi connectivity index (χ2v) is 4.15. The Morgan fingerprint density at radius 2 is 2.16 bits per heavy atom. The highest BCUT2D eigenvalue weighted by atomic mass is 19.1. The molecule has 0 saturated heterocycles. The first-order valence-corrected chi connectivity index (χ1v) is 5.55. The third-order valence-corrected chi connectivity index (χ3v) is 2.38. The van der Waals surface area contributed by atoms with E-state index in [0.29, 0.717) is 17.7 Å². The minimum atomic E-state index is -1.11. The van der Waals surface area contributed by atoms with Crippen molar-refractivity contribution in [1.82, 2.24) is 4.90 Å². The smallest absolute Gasteiger partial charge is 0.328 e. The van der Waals surface area contributed by atoms with E-state index in [-0.39, 0.29) is 6.54 Å². The van der Waals surface area contributed by atoms with Crippen LogP contribution < -0.4 is 5.73 Å². The number of hydrogen-bond acceptors (Lipinski definition) is 3. The Bertz CT molecular complexity index is 515. The van der Waals surface area contributed by atoms with Crippen LogP contribution in [0.25, 0.3) is 6.08 Å². The van der Waals surface area contributed by atoms with Gasteiger partial charge in [-0.05, 0) is 36.4 Å². The predicted octanol–water partition coefficient (Wildman–Crippen LogP) is 0.841. The SMILES string of the molecule is CN(CC(N)=O)Cc1ccc(F)cc1C=CC(=O)O. The van der Waals surface area contributed by atoms with Crippen LogP contribution in [0.1, 0.15) is 11.1 Å². The molecule has 0 heterocycles. The van der Waals surface area contributed by atoms with E-state index in [4.69, 9.17) is 10.8 Å². The van der Waals surface area contributed by atoms with Gasteiger partial charge in [-0.25, -0.2) is 9.18 Å². The molecule has 0 radical (unpaired) electrons. The van der Waals surface area contributed by atoms with Crippen molar-refractivity contribution < 1.29 is 19.1 Å². The van der Waals surface area contributed by atoms with Gasteiger partial charge in [0.25, 0.3) is 0 Å². The van der Waals surface area contributed by atoms with Crippen LogP contribution in [0.3, 0.4) is 0 Å². The van der Waals surface area contributed by atoms with Crippen molar-refractivity contribution in [2.45, 2.75) is 6.54 Å². The van der Waals surface area contributed by atoms with Gasteiger partial charge in [0.15, 0.2) is 0 Å². The number of carboxylic acids is 1. The number of carbonyl (C=O) groups is 2. The second-order valence-electron chi connectivity index (χ2n) is 4.15. The average Bonchev–Trinajstić information content (AvgIpc) is 2.28. The molecule has 0 bridgehead atoms. The molecule has 19 heavy (non-hydrogen) atoms. The Labute approximate surface area is 110 Å². The van der Waals surface area contributed by atoms with E-state index >= 15 is 0 Å². The van der Waals surface area contributed by atoms with E-state index in [0.717, 1.165) is 6.08 Å². The number of benzene rings is 1. The normalized spacial score (nSPS) is 11.1. The summed E-state index contributed by atoms with van der Waals surface area (Å²) in [6.45, 7) is 0.433. The van der Waals surface area contributed by atoms with E-state index in [1.165, 1.54) is 18.2 Å². The quantitative estimate of drug-likeness (QED) is 0.747. The summed E-state index contributed by atoms with van der Waals surface area (Å²) in [6, 6.07) is 4.08. The van der Waals surface area contributed by atoms with Crippen LogP contribution in [-0.4, -0.2) is 35.5 Å². The average molecular weight is 266 g/mol. The summed E-state index contributed by atoms with van der Waals surface area (Å²) in [5.41, 5.74) is 6.24. The summed E-state index contributed by atoms with van der Waals surface area (Å²) >= 11 is 0. The molecule has 0 aliphatic heterocycles. The first-order chi connectivity index (χ1) is 8.88. The van der Waals surface area contributed by atoms with Gasteiger partial charge in [0.05, 0.1) is 6.54 Å². The van der Waals surface area contributed by atoms with Gasteiger partial charge in [-0.1, -0.05) is 6.07 Å². The number of hydrogen-bond donors (Lipinski definition) is 2. The minimum Gasteiger partial charge on any atom is -0.478 e. The monoisotopic (exact) mass is 266 g/mol. The largest absolute Gasteiger partial charge is 0.478 e. The Hall–Kier alpha value is -2.21. The maximum absolute atomic E-state index is 13.2. The van der Waals surface area contributed by atoms with Crippen molar-refractivity contribution in [2.24, 2.45) is 5.73 Å². The Morgan fingerprint density at radius 1 is 1.47 bits per heavy atom. The number of nitrogens with zero attached hydrogens (tertiary/aromatic N) is 1. The molecule has 1 amide bonds. The van der Waals surface area contributed by atoms with Crippen molar-refractivity contribution in [2.75, 3.05) is 13.6 Å². The summed E-state index contributed by atoms with van der Waals surface area (Å²) in [4.78, 5) is 22.9. The number of halogens is 1. The fraction of sp³-hybridized carbons (Fsp3) is 0.231.